The van der Waals surface area contributed by atoms with Gasteiger partial charge in [0.2, 0.25) is 10.0 Å². The number of rotatable bonds is 3. The third-order valence-corrected chi connectivity index (χ3v) is 5.18. The molecule has 1 heterocycles. The van der Waals surface area contributed by atoms with Crippen LogP contribution in [0.2, 0.25) is 0 Å². The molecule has 1 aromatic rings. The fourth-order valence-electron chi connectivity index (χ4n) is 2.53. The Balaban J connectivity index is 2.16. The van der Waals surface area contributed by atoms with Gasteiger partial charge in [0.15, 0.2) is 5.76 Å². The molecule has 1 fully saturated rings. The molecular weight excluding hydrogens is 252 g/mol. The fourth-order valence-corrected chi connectivity index (χ4v) is 4.17. The van der Waals surface area contributed by atoms with Gasteiger partial charge in [0.05, 0.1) is 0 Å². The zero-order valence-electron chi connectivity index (χ0n) is 10.9. The lowest BCUT2D eigenvalue weighted by atomic mass is 10.1. The summed E-state index contributed by atoms with van der Waals surface area (Å²) in [7, 11) is -3.50. The van der Waals surface area contributed by atoms with Gasteiger partial charge in [0.1, 0.15) is 10.6 Å². The third kappa shape index (κ3) is 2.92. The second-order valence-corrected chi connectivity index (χ2v) is 6.61. The number of aromatic nitrogens is 1. The second kappa shape index (κ2) is 5.40. The molecule has 1 saturated carbocycles. The predicted octanol–water partition coefficient (Wildman–Crippen LogP) is 2.29. The Bertz CT molecular complexity index is 480. The number of hydrogen-bond acceptors (Lipinski definition) is 4. The summed E-state index contributed by atoms with van der Waals surface area (Å²) in [6.07, 6.45) is 6.42. The average Bonchev–Trinajstić information content (AvgIpc) is 2.52. The molecule has 0 saturated heterocycles. The number of nitrogens with one attached hydrogen (secondary N) is 1. The van der Waals surface area contributed by atoms with E-state index >= 15 is 0 Å². The van der Waals surface area contributed by atoms with Crippen molar-refractivity contribution in [2.45, 2.75) is 63.3 Å². The van der Waals surface area contributed by atoms with Crippen LogP contribution in [0.15, 0.2) is 9.42 Å². The Morgan fingerprint density at radius 1 is 1.17 bits per heavy atom. The van der Waals surface area contributed by atoms with Crippen LogP contribution in [0.3, 0.4) is 0 Å². The summed E-state index contributed by atoms with van der Waals surface area (Å²) in [6, 6.07) is 0.0474. The van der Waals surface area contributed by atoms with Gasteiger partial charge in [-0.15, -0.1) is 0 Å². The van der Waals surface area contributed by atoms with Crippen LogP contribution in [0.5, 0.6) is 0 Å². The summed E-state index contributed by atoms with van der Waals surface area (Å²) in [6.45, 7) is 3.28. The molecule has 18 heavy (non-hydrogen) atoms. The number of aryl methyl sites for hydroxylation is 2. The quantitative estimate of drug-likeness (QED) is 0.857. The zero-order chi connectivity index (χ0) is 13.2. The van der Waals surface area contributed by atoms with Gasteiger partial charge >= 0.3 is 0 Å². The van der Waals surface area contributed by atoms with Crippen molar-refractivity contribution in [2.75, 3.05) is 0 Å². The van der Waals surface area contributed by atoms with E-state index in [1.807, 2.05) is 0 Å². The van der Waals surface area contributed by atoms with E-state index in [-0.39, 0.29) is 10.9 Å². The van der Waals surface area contributed by atoms with Crippen molar-refractivity contribution in [1.82, 2.24) is 9.88 Å². The maximum atomic E-state index is 12.3. The van der Waals surface area contributed by atoms with Crippen LogP contribution in [0.25, 0.3) is 0 Å². The lowest BCUT2D eigenvalue weighted by Gasteiger charge is -2.15. The molecule has 6 heteroatoms. The van der Waals surface area contributed by atoms with Crippen molar-refractivity contribution in [3.8, 4) is 0 Å². The first-order chi connectivity index (χ1) is 8.50. The van der Waals surface area contributed by atoms with Crippen LogP contribution >= 0.6 is 0 Å². The highest BCUT2D eigenvalue weighted by Gasteiger charge is 2.27. The number of sulfonamides is 1. The zero-order valence-corrected chi connectivity index (χ0v) is 11.7. The van der Waals surface area contributed by atoms with Crippen molar-refractivity contribution >= 4 is 10.0 Å². The van der Waals surface area contributed by atoms with E-state index in [2.05, 4.69) is 9.88 Å². The maximum Gasteiger partial charge on any atom is 0.246 e. The summed E-state index contributed by atoms with van der Waals surface area (Å²) < 4.78 is 32.3. The summed E-state index contributed by atoms with van der Waals surface area (Å²) in [4.78, 5) is 0.201. The van der Waals surface area contributed by atoms with Gasteiger partial charge in [0, 0.05) is 6.04 Å². The van der Waals surface area contributed by atoms with Crippen LogP contribution in [0, 0.1) is 13.8 Å². The molecule has 1 N–H and O–H groups in total. The Hall–Kier alpha value is -0.880. The minimum absolute atomic E-state index is 0.0474. The van der Waals surface area contributed by atoms with Gasteiger partial charge in [-0.25, -0.2) is 13.1 Å². The minimum atomic E-state index is -3.50. The van der Waals surface area contributed by atoms with Crippen molar-refractivity contribution in [2.24, 2.45) is 0 Å². The molecule has 102 valence electrons. The molecule has 1 aromatic heterocycles. The van der Waals surface area contributed by atoms with Gasteiger partial charge in [-0.2, -0.15) is 0 Å². The molecule has 0 bridgehead atoms. The van der Waals surface area contributed by atoms with Crippen molar-refractivity contribution in [3.63, 3.8) is 0 Å². The minimum Gasteiger partial charge on any atom is -0.360 e. The van der Waals surface area contributed by atoms with Gasteiger partial charge in [0.25, 0.3) is 0 Å². The Kier molecular flexibility index (Phi) is 4.07. The van der Waals surface area contributed by atoms with Gasteiger partial charge in [-0.3, -0.25) is 0 Å². The fraction of sp³-hybridized carbons (Fsp3) is 0.750. The van der Waals surface area contributed by atoms with Crippen molar-refractivity contribution in [3.05, 3.63) is 11.5 Å². The summed E-state index contributed by atoms with van der Waals surface area (Å²) in [5.41, 5.74) is 0.425. The highest BCUT2D eigenvalue weighted by molar-refractivity contribution is 7.89. The highest BCUT2D eigenvalue weighted by atomic mass is 32.2. The van der Waals surface area contributed by atoms with Crippen LogP contribution in [0.4, 0.5) is 0 Å². The number of nitrogens with zero attached hydrogens (tertiary/aromatic N) is 1. The molecule has 2 rings (SSSR count). The summed E-state index contributed by atoms with van der Waals surface area (Å²) in [5, 5.41) is 3.70. The lowest BCUT2D eigenvalue weighted by Crippen LogP contribution is -2.34. The average molecular weight is 272 g/mol. The molecule has 1 aliphatic rings. The molecule has 5 nitrogen and oxygen atoms in total. The smallest absolute Gasteiger partial charge is 0.246 e. The lowest BCUT2D eigenvalue weighted by molar-refractivity contribution is 0.390. The molecule has 0 unspecified atom stereocenters. The van der Waals surface area contributed by atoms with Crippen LogP contribution in [-0.2, 0) is 10.0 Å². The van der Waals surface area contributed by atoms with Crippen molar-refractivity contribution < 1.29 is 12.9 Å². The van der Waals surface area contributed by atoms with E-state index in [1.54, 1.807) is 13.8 Å². The standard InChI is InChI=1S/C12H20N2O3S/c1-9-12(10(2)17-13-9)18(15,16)14-11-7-5-3-4-6-8-11/h11,14H,3-8H2,1-2H3. The Labute approximate surface area is 108 Å². The first kappa shape index (κ1) is 13.5. The SMILES string of the molecule is Cc1noc(C)c1S(=O)(=O)NC1CCCCCC1. The largest absolute Gasteiger partial charge is 0.360 e. The molecule has 0 aromatic carbocycles. The van der Waals surface area contributed by atoms with Crippen LogP contribution < -0.4 is 4.72 Å². The van der Waals surface area contributed by atoms with Crippen LogP contribution in [-0.4, -0.2) is 19.6 Å². The first-order valence-electron chi connectivity index (χ1n) is 6.46. The van der Waals surface area contributed by atoms with Gasteiger partial charge < -0.3 is 4.52 Å². The number of hydrogen-bond donors (Lipinski definition) is 1. The monoisotopic (exact) mass is 272 g/mol. The normalized spacial score (nSPS) is 18.8. The van der Waals surface area contributed by atoms with Crippen molar-refractivity contribution in [1.29, 1.82) is 0 Å². The third-order valence-electron chi connectivity index (χ3n) is 3.41. The molecule has 1 aliphatic carbocycles. The van der Waals surface area contributed by atoms with E-state index in [4.69, 9.17) is 4.52 Å². The Morgan fingerprint density at radius 2 is 1.78 bits per heavy atom. The molecule has 0 amide bonds. The second-order valence-electron chi connectivity index (χ2n) is 4.96. The van der Waals surface area contributed by atoms with Gasteiger partial charge in [-0.1, -0.05) is 30.8 Å². The van der Waals surface area contributed by atoms with E-state index in [1.165, 1.54) is 12.8 Å². The molecule has 0 radical (unpaired) electrons. The van der Waals surface area contributed by atoms with E-state index in [0.717, 1.165) is 25.7 Å². The van der Waals surface area contributed by atoms with Crippen LogP contribution in [0.1, 0.15) is 50.0 Å². The molecule has 0 aliphatic heterocycles. The summed E-state index contributed by atoms with van der Waals surface area (Å²) >= 11 is 0. The molecule has 0 spiro atoms. The topological polar surface area (TPSA) is 72.2 Å². The van der Waals surface area contributed by atoms with E-state index in [9.17, 15) is 8.42 Å². The molecular formula is C12H20N2O3S. The molecule has 0 atom stereocenters. The van der Waals surface area contributed by atoms with E-state index in [0.29, 0.717) is 11.5 Å². The first-order valence-corrected chi connectivity index (χ1v) is 7.94. The van der Waals surface area contributed by atoms with Gasteiger partial charge in [-0.05, 0) is 26.7 Å². The maximum absolute atomic E-state index is 12.3. The highest BCUT2D eigenvalue weighted by Crippen LogP contribution is 2.22. The Morgan fingerprint density at radius 3 is 2.28 bits per heavy atom. The van der Waals surface area contributed by atoms with E-state index < -0.39 is 10.0 Å². The summed E-state index contributed by atoms with van der Waals surface area (Å²) in [5.74, 6) is 0.355. The predicted molar refractivity (Wildman–Crippen MR) is 67.8 cm³/mol.